The minimum Gasteiger partial charge on any atom is -0.369 e. The highest BCUT2D eigenvalue weighted by atomic mass is 15.3. The second kappa shape index (κ2) is 3.94. The zero-order valence-electron chi connectivity index (χ0n) is 7.54. The Hall–Kier alpha value is -1.26. The number of hydrogen-bond donors (Lipinski definition) is 2. The standard InChI is InChI=1S/C7H15N5/c1-12(2)6(8)11-7-9-4-3-5-10-7/h3-5H2,1-2H3,(H3,8,9,10,11). The molecule has 5 heteroatoms. The lowest BCUT2D eigenvalue weighted by atomic mass is 10.4. The van der Waals surface area contributed by atoms with Crippen LogP contribution in [0.1, 0.15) is 6.42 Å². The molecule has 5 nitrogen and oxygen atoms in total. The first-order valence-corrected chi connectivity index (χ1v) is 4.00. The van der Waals surface area contributed by atoms with Gasteiger partial charge in [0.1, 0.15) is 0 Å². The third-order valence-electron chi connectivity index (χ3n) is 1.56. The van der Waals surface area contributed by atoms with Gasteiger partial charge in [-0.3, -0.25) is 4.99 Å². The van der Waals surface area contributed by atoms with E-state index < -0.39 is 0 Å². The average Bonchev–Trinajstić information content (AvgIpc) is 2.06. The van der Waals surface area contributed by atoms with E-state index in [1.54, 1.807) is 4.90 Å². The molecule has 0 aromatic carbocycles. The van der Waals surface area contributed by atoms with Crippen molar-refractivity contribution in [1.82, 2.24) is 10.2 Å². The van der Waals surface area contributed by atoms with E-state index in [0.29, 0.717) is 11.9 Å². The first-order chi connectivity index (χ1) is 5.70. The van der Waals surface area contributed by atoms with Gasteiger partial charge < -0.3 is 16.0 Å². The van der Waals surface area contributed by atoms with Crippen molar-refractivity contribution in [3.8, 4) is 0 Å². The van der Waals surface area contributed by atoms with Crippen molar-refractivity contribution in [2.24, 2.45) is 15.7 Å². The highest BCUT2D eigenvalue weighted by Gasteiger charge is 2.03. The van der Waals surface area contributed by atoms with E-state index in [0.717, 1.165) is 19.5 Å². The number of guanidine groups is 2. The van der Waals surface area contributed by atoms with Crippen LogP contribution in [-0.2, 0) is 0 Å². The summed E-state index contributed by atoms with van der Waals surface area (Å²) in [4.78, 5) is 10.0. The topological polar surface area (TPSA) is 66.0 Å². The van der Waals surface area contributed by atoms with Gasteiger partial charge in [0.25, 0.3) is 0 Å². The van der Waals surface area contributed by atoms with Crippen molar-refractivity contribution in [2.75, 3.05) is 27.2 Å². The molecule has 0 aromatic heterocycles. The lowest BCUT2D eigenvalue weighted by Gasteiger charge is -2.14. The molecule has 0 saturated carbocycles. The molecule has 0 bridgehead atoms. The zero-order chi connectivity index (χ0) is 8.97. The van der Waals surface area contributed by atoms with E-state index in [1.807, 2.05) is 14.1 Å². The third kappa shape index (κ3) is 2.41. The second-order valence-corrected chi connectivity index (χ2v) is 2.85. The number of nitrogens with two attached hydrogens (primary N) is 1. The number of nitrogens with one attached hydrogen (secondary N) is 1. The summed E-state index contributed by atoms with van der Waals surface area (Å²) in [6.45, 7) is 1.77. The molecule has 0 aliphatic carbocycles. The molecule has 0 radical (unpaired) electrons. The van der Waals surface area contributed by atoms with Crippen LogP contribution in [-0.4, -0.2) is 44.0 Å². The van der Waals surface area contributed by atoms with E-state index in [1.165, 1.54) is 0 Å². The maximum atomic E-state index is 5.60. The molecule has 1 aliphatic heterocycles. The van der Waals surface area contributed by atoms with Crippen molar-refractivity contribution >= 4 is 11.9 Å². The fourth-order valence-corrected chi connectivity index (χ4v) is 0.803. The normalized spacial score (nSPS) is 18.2. The van der Waals surface area contributed by atoms with E-state index >= 15 is 0 Å². The number of rotatable bonds is 0. The monoisotopic (exact) mass is 169 g/mol. The van der Waals surface area contributed by atoms with Crippen LogP contribution in [0.2, 0.25) is 0 Å². The third-order valence-corrected chi connectivity index (χ3v) is 1.56. The molecule has 68 valence electrons. The Morgan fingerprint density at radius 1 is 1.67 bits per heavy atom. The molecular weight excluding hydrogens is 154 g/mol. The number of nitrogens with zero attached hydrogens (tertiary/aromatic N) is 3. The van der Waals surface area contributed by atoms with E-state index in [9.17, 15) is 0 Å². The largest absolute Gasteiger partial charge is 0.369 e. The van der Waals surface area contributed by atoms with Crippen LogP contribution in [0.25, 0.3) is 0 Å². The summed E-state index contributed by atoms with van der Waals surface area (Å²) in [6, 6.07) is 0. The minimum atomic E-state index is 0.475. The van der Waals surface area contributed by atoms with E-state index in [2.05, 4.69) is 15.3 Å². The molecule has 1 rings (SSSR count). The summed E-state index contributed by atoms with van der Waals surface area (Å²) < 4.78 is 0. The molecule has 0 spiro atoms. The number of aliphatic imine (C=N–C) groups is 2. The SMILES string of the molecule is CN(C)C(N)=NC1=NCCCN1. The van der Waals surface area contributed by atoms with Gasteiger partial charge in [0.2, 0.25) is 5.96 Å². The Kier molecular flexibility index (Phi) is 2.90. The van der Waals surface area contributed by atoms with Gasteiger partial charge in [-0.1, -0.05) is 0 Å². The van der Waals surface area contributed by atoms with Crippen molar-refractivity contribution in [3.63, 3.8) is 0 Å². The lowest BCUT2D eigenvalue weighted by Crippen LogP contribution is -2.35. The summed E-state index contributed by atoms with van der Waals surface area (Å²) in [6.07, 6.45) is 1.07. The Labute approximate surface area is 72.4 Å². The summed E-state index contributed by atoms with van der Waals surface area (Å²) in [5.74, 6) is 1.12. The highest BCUT2D eigenvalue weighted by molar-refractivity contribution is 5.94. The molecule has 3 N–H and O–H groups in total. The summed E-state index contributed by atoms with van der Waals surface area (Å²) >= 11 is 0. The van der Waals surface area contributed by atoms with Gasteiger partial charge in [0.05, 0.1) is 0 Å². The fourth-order valence-electron chi connectivity index (χ4n) is 0.803. The maximum Gasteiger partial charge on any atom is 0.221 e. The van der Waals surface area contributed by atoms with Crippen molar-refractivity contribution in [2.45, 2.75) is 6.42 Å². The van der Waals surface area contributed by atoms with Gasteiger partial charge in [-0.25, -0.2) is 0 Å². The Morgan fingerprint density at radius 2 is 2.42 bits per heavy atom. The smallest absolute Gasteiger partial charge is 0.221 e. The quantitative estimate of drug-likeness (QED) is 0.369. The van der Waals surface area contributed by atoms with Gasteiger partial charge in [-0.05, 0) is 6.42 Å². The second-order valence-electron chi connectivity index (χ2n) is 2.85. The summed E-state index contributed by atoms with van der Waals surface area (Å²) in [5.41, 5.74) is 5.60. The molecular formula is C7H15N5. The number of hydrogen-bond acceptors (Lipinski definition) is 3. The highest BCUT2D eigenvalue weighted by Crippen LogP contribution is 1.90. The van der Waals surface area contributed by atoms with Gasteiger partial charge >= 0.3 is 0 Å². The predicted molar refractivity (Wildman–Crippen MR) is 50.2 cm³/mol. The van der Waals surface area contributed by atoms with Crippen LogP contribution < -0.4 is 11.1 Å². The molecule has 0 aromatic rings. The van der Waals surface area contributed by atoms with E-state index in [4.69, 9.17) is 5.73 Å². The molecule has 0 saturated heterocycles. The molecule has 0 fully saturated rings. The zero-order valence-corrected chi connectivity index (χ0v) is 7.54. The Bertz CT molecular complexity index is 206. The fraction of sp³-hybridized carbons (Fsp3) is 0.714. The maximum absolute atomic E-state index is 5.60. The Morgan fingerprint density at radius 3 is 2.92 bits per heavy atom. The molecule has 0 atom stereocenters. The first-order valence-electron chi connectivity index (χ1n) is 4.00. The van der Waals surface area contributed by atoms with Gasteiger partial charge in [-0.2, -0.15) is 4.99 Å². The van der Waals surface area contributed by atoms with Crippen LogP contribution in [0.5, 0.6) is 0 Å². The van der Waals surface area contributed by atoms with Crippen LogP contribution in [0, 0.1) is 0 Å². The summed E-state index contributed by atoms with van der Waals surface area (Å²) in [7, 11) is 3.70. The van der Waals surface area contributed by atoms with Crippen LogP contribution in [0.3, 0.4) is 0 Å². The van der Waals surface area contributed by atoms with Gasteiger partial charge in [0.15, 0.2) is 5.96 Å². The van der Waals surface area contributed by atoms with Crippen molar-refractivity contribution in [3.05, 3.63) is 0 Å². The average molecular weight is 169 g/mol. The molecule has 12 heavy (non-hydrogen) atoms. The van der Waals surface area contributed by atoms with Crippen LogP contribution >= 0.6 is 0 Å². The lowest BCUT2D eigenvalue weighted by molar-refractivity contribution is 0.613. The van der Waals surface area contributed by atoms with E-state index in [-0.39, 0.29) is 0 Å². The molecule has 1 heterocycles. The van der Waals surface area contributed by atoms with Crippen LogP contribution in [0.15, 0.2) is 9.98 Å². The van der Waals surface area contributed by atoms with Crippen LogP contribution in [0.4, 0.5) is 0 Å². The first kappa shape index (κ1) is 8.83. The Balaban J connectivity index is 2.58. The summed E-state index contributed by atoms with van der Waals surface area (Å²) in [5, 5.41) is 3.06. The molecule has 1 aliphatic rings. The van der Waals surface area contributed by atoms with Crippen molar-refractivity contribution < 1.29 is 0 Å². The van der Waals surface area contributed by atoms with Gasteiger partial charge in [0, 0.05) is 27.2 Å². The molecule has 0 unspecified atom stereocenters. The minimum absolute atomic E-state index is 0.475. The van der Waals surface area contributed by atoms with Gasteiger partial charge in [-0.15, -0.1) is 0 Å². The van der Waals surface area contributed by atoms with Crippen molar-refractivity contribution in [1.29, 1.82) is 0 Å². The predicted octanol–water partition coefficient (Wildman–Crippen LogP) is -0.788. The molecule has 0 amide bonds.